The van der Waals surface area contributed by atoms with Crippen LogP contribution in [0.25, 0.3) is 0 Å². The van der Waals surface area contributed by atoms with Gasteiger partial charge in [-0.1, -0.05) is 71.2 Å². The molecule has 0 aromatic heterocycles. The number of urea groups is 1. The molecule has 7 heteroatoms. The molecule has 1 spiro atoms. The molecule has 0 bridgehead atoms. The van der Waals surface area contributed by atoms with Crippen molar-refractivity contribution in [3.8, 4) is 6.07 Å². The number of anilines is 2. The third-order valence-electron chi connectivity index (χ3n) is 7.71. The number of nitrogens with zero attached hydrogens (tertiary/aromatic N) is 3. The normalized spacial score (nSPS) is 17.1. The first-order valence-electron chi connectivity index (χ1n) is 13.2. The van der Waals surface area contributed by atoms with E-state index in [4.69, 9.17) is 0 Å². The summed E-state index contributed by atoms with van der Waals surface area (Å²) in [6.45, 7) is 9.78. The lowest BCUT2D eigenvalue weighted by Gasteiger charge is -2.38. The van der Waals surface area contributed by atoms with Crippen molar-refractivity contribution in [1.29, 1.82) is 5.26 Å². The third-order valence-corrected chi connectivity index (χ3v) is 7.71. The summed E-state index contributed by atoms with van der Waals surface area (Å²) < 4.78 is 0. The van der Waals surface area contributed by atoms with Gasteiger partial charge in [0.25, 0.3) is 5.91 Å². The molecule has 2 aliphatic rings. The molecule has 0 atom stereocenters. The molecule has 1 saturated heterocycles. The van der Waals surface area contributed by atoms with Gasteiger partial charge in [-0.05, 0) is 60.4 Å². The second kappa shape index (κ2) is 10.4. The maximum atomic E-state index is 13.9. The van der Waals surface area contributed by atoms with Crippen molar-refractivity contribution in [2.45, 2.75) is 84.1 Å². The Hall–Kier alpha value is -3.66. The van der Waals surface area contributed by atoms with Gasteiger partial charge < -0.3 is 5.32 Å². The molecular weight excluding hydrogens is 464 g/mol. The fraction of sp³-hybridized carbons (Fsp3) is 0.467. The highest BCUT2D eigenvalue weighted by Gasteiger charge is 2.58. The molecule has 1 N–H and O–H groups in total. The van der Waals surface area contributed by atoms with Crippen LogP contribution in [-0.4, -0.2) is 34.8 Å². The van der Waals surface area contributed by atoms with Crippen molar-refractivity contribution in [3.05, 3.63) is 58.7 Å². The van der Waals surface area contributed by atoms with E-state index in [0.717, 1.165) is 46.5 Å². The molecule has 1 aliphatic heterocycles. The van der Waals surface area contributed by atoms with Crippen LogP contribution in [-0.2, 0) is 9.59 Å². The van der Waals surface area contributed by atoms with Gasteiger partial charge in [0.1, 0.15) is 12.1 Å². The van der Waals surface area contributed by atoms with E-state index in [1.807, 2.05) is 25.1 Å². The van der Waals surface area contributed by atoms with Gasteiger partial charge in [-0.25, -0.2) is 4.79 Å². The minimum absolute atomic E-state index is 0.195. The maximum Gasteiger partial charge on any atom is 0.332 e. The van der Waals surface area contributed by atoms with E-state index < -0.39 is 17.5 Å². The van der Waals surface area contributed by atoms with Gasteiger partial charge in [-0.15, -0.1) is 0 Å². The lowest BCUT2D eigenvalue weighted by Crippen LogP contribution is -2.51. The Bertz CT molecular complexity index is 1240. The summed E-state index contributed by atoms with van der Waals surface area (Å²) in [4.78, 5) is 43.6. The van der Waals surface area contributed by atoms with Crippen LogP contribution in [0.3, 0.4) is 0 Å². The van der Waals surface area contributed by atoms with E-state index in [0.29, 0.717) is 24.1 Å². The topological polar surface area (TPSA) is 93.5 Å². The highest BCUT2D eigenvalue weighted by molar-refractivity contribution is 6.18. The quantitative estimate of drug-likeness (QED) is 0.476. The predicted octanol–water partition coefficient (Wildman–Crippen LogP) is 6.22. The molecule has 0 radical (unpaired) electrons. The average Bonchev–Trinajstić information content (AvgIpc) is 3.05. The van der Waals surface area contributed by atoms with Gasteiger partial charge in [0.05, 0.1) is 11.6 Å². The summed E-state index contributed by atoms with van der Waals surface area (Å²) in [5.41, 5.74) is 3.58. The van der Waals surface area contributed by atoms with E-state index >= 15 is 0 Å². The Morgan fingerprint density at radius 2 is 1.65 bits per heavy atom. The predicted molar refractivity (Wildman–Crippen MR) is 145 cm³/mol. The largest absolute Gasteiger partial charge is 0.332 e. The maximum absolute atomic E-state index is 13.9. The van der Waals surface area contributed by atoms with Crippen LogP contribution >= 0.6 is 0 Å². The van der Waals surface area contributed by atoms with Crippen molar-refractivity contribution >= 4 is 29.2 Å². The zero-order valence-electron chi connectivity index (χ0n) is 22.4. The summed E-state index contributed by atoms with van der Waals surface area (Å²) in [7, 11) is 0. The molecule has 194 valence electrons. The lowest BCUT2D eigenvalue weighted by molar-refractivity contribution is -0.134. The number of imide groups is 1. The SMILES string of the molecule is Cc1ccc(N2C(=O)N(CC(=O)Nc3c(C(C)C)cccc3C(C)C)C(=O)C23CCCCC3)cc1C#N. The standard InChI is InChI=1S/C30H36N4O3/c1-19(2)24-10-9-11-25(20(3)4)27(24)32-26(35)18-33-28(36)30(14-7-6-8-15-30)34(29(33)37)23-13-12-21(5)22(16-23)17-31/h9-13,16,19-20H,6-8,14-15,18H2,1-5H3,(H,32,35). The molecule has 2 fully saturated rings. The van der Waals surface area contributed by atoms with Gasteiger partial charge in [0.2, 0.25) is 5.91 Å². The number of hydrogen-bond donors (Lipinski definition) is 1. The fourth-order valence-corrected chi connectivity index (χ4v) is 5.70. The number of aryl methyl sites for hydroxylation is 1. The van der Waals surface area contributed by atoms with Crippen molar-refractivity contribution in [2.24, 2.45) is 0 Å². The molecule has 0 unspecified atom stereocenters. The number of nitrogens with one attached hydrogen (secondary N) is 1. The fourth-order valence-electron chi connectivity index (χ4n) is 5.70. The Morgan fingerprint density at radius 3 is 2.22 bits per heavy atom. The smallest absolute Gasteiger partial charge is 0.324 e. The molecule has 1 heterocycles. The first-order valence-corrected chi connectivity index (χ1v) is 13.2. The van der Waals surface area contributed by atoms with Crippen molar-refractivity contribution < 1.29 is 14.4 Å². The number of nitriles is 1. The van der Waals surface area contributed by atoms with Crippen LogP contribution < -0.4 is 10.2 Å². The number of hydrogen-bond acceptors (Lipinski definition) is 4. The van der Waals surface area contributed by atoms with E-state index in [-0.39, 0.29) is 24.3 Å². The summed E-state index contributed by atoms with van der Waals surface area (Å²) in [6, 6.07) is 12.9. The van der Waals surface area contributed by atoms with Crippen LogP contribution in [0.1, 0.15) is 93.9 Å². The first kappa shape index (κ1) is 26.4. The highest BCUT2D eigenvalue weighted by Crippen LogP contribution is 2.43. The molecule has 1 saturated carbocycles. The number of carbonyl (C=O) groups is 3. The van der Waals surface area contributed by atoms with Crippen LogP contribution in [0, 0.1) is 18.3 Å². The van der Waals surface area contributed by atoms with E-state index in [9.17, 15) is 19.6 Å². The third kappa shape index (κ3) is 4.73. The Labute approximate surface area is 219 Å². The lowest BCUT2D eigenvalue weighted by atomic mass is 9.80. The van der Waals surface area contributed by atoms with Crippen LogP contribution in [0.2, 0.25) is 0 Å². The molecule has 4 rings (SSSR count). The van der Waals surface area contributed by atoms with Crippen LogP contribution in [0.5, 0.6) is 0 Å². The van der Waals surface area contributed by atoms with Gasteiger partial charge in [-0.3, -0.25) is 19.4 Å². The zero-order valence-corrected chi connectivity index (χ0v) is 22.4. The summed E-state index contributed by atoms with van der Waals surface area (Å²) in [5.74, 6) is -0.333. The van der Waals surface area contributed by atoms with Crippen molar-refractivity contribution in [1.82, 2.24) is 4.90 Å². The minimum Gasteiger partial charge on any atom is -0.324 e. The van der Waals surface area contributed by atoms with Crippen LogP contribution in [0.4, 0.5) is 16.2 Å². The van der Waals surface area contributed by atoms with E-state index in [2.05, 4.69) is 39.1 Å². The number of carbonyl (C=O) groups excluding carboxylic acids is 3. The minimum atomic E-state index is -1.02. The Kier molecular flexibility index (Phi) is 7.40. The van der Waals surface area contributed by atoms with Crippen molar-refractivity contribution in [2.75, 3.05) is 16.8 Å². The molecule has 7 nitrogen and oxygen atoms in total. The van der Waals surface area contributed by atoms with Gasteiger partial charge >= 0.3 is 6.03 Å². The Balaban J connectivity index is 1.67. The molecule has 2 aromatic carbocycles. The van der Waals surface area contributed by atoms with Gasteiger partial charge in [0, 0.05) is 11.4 Å². The molecular formula is C30H36N4O3. The van der Waals surface area contributed by atoms with Gasteiger partial charge in [-0.2, -0.15) is 5.26 Å². The van der Waals surface area contributed by atoms with E-state index in [1.54, 1.807) is 23.1 Å². The summed E-state index contributed by atoms with van der Waals surface area (Å²) in [6.07, 6.45) is 3.73. The number of para-hydroxylation sites is 1. The molecule has 2 aromatic rings. The second-order valence-electron chi connectivity index (χ2n) is 10.9. The average molecular weight is 501 g/mol. The monoisotopic (exact) mass is 500 g/mol. The highest BCUT2D eigenvalue weighted by atomic mass is 16.2. The number of amides is 4. The van der Waals surface area contributed by atoms with Gasteiger partial charge in [0.15, 0.2) is 0 Å². The first-order chi connectivity index (χ1) is 17.6. The second-order valence-corrected chi connectivity index (χ2v) is 10.9. The van der Waals surface area contributed by atoms with Crippen molar-refractivity contribution in [3.63, 3.8) is 0 Å². The Morgan fingerprint density at radius 1 is 1.03 bits per heavy atom. The molecule has 37 heavy (non-hydrogen) atoms. The summed E-state index contributed by atoms with van der Waals surface area (Å²) in [5, 5.41) is 12.6. The van der Waals surface area contributed by atoms with E-state index in [1.165, 1.54) is 0 Å². The number of rotatable bonds is 6. The molecule has 4 amide bonds. The molecule has 1 aliphatic carbocycles. The van der Waals surface area contributed by atoms with Crippen LogP contribution in [0.15, 0.2) is 36.4 Å². The summed E-state index contributed by atoms with van der Waals surface area (Å²) >= 11 is 0. The zero-order chi connectivity index (χ0) is 26.9. The number of benzene rings is 2.